The highest BCUT2D eigenvalue weighted by atomic mass is 32.2. The summed E-state index contributed by atoms with van der Waals surface area (Å²) in [6, 6.07) is -1.66. The van der Waals surface area contributed by atoms with E-state index < -0.39 is 65.6 Å². The molecule has 42 heavy (non-hydrogen) atoms. The lowest BCUT2D eigenvalue weighted by Crippen LogP contribution is -2.64. The van der Waals surface area contributed by atoms with Gasteiger partial charge in [0.25, 0.3) is 0 Å². The summed E-state index contributed by atoms with van der Waals surface area (Å²) in [4.78, 5) is 29.1. The second-order valence-electron chi connectivity index (χ2n) is 13.7. The van der Waals surface area contributed by atoms with Crippen molar-refractivity contribution in [3.63, 3.8) is 0 Å². The number of fused-ring (bicyclic) bond motifs is 3. The number of amides is 2. The first kappa shape index (κ1) is 33.5. The molecular weight excluding hydrogens is 562 g/mol. The van der Waals surface area contributed by atoms with E-state index in [1.54, 1.807) is 20.8 Å². The second-order valence-corrected chi connectivity index (χ2v) is 15.1. The van der Waals surface area contributed by atoms with Crippen LogP contribution in [0.4, 0.5) is 4.79 Å². The van der Waals surface area contributed by atoms with E-state index in [0.717, 1.165) is 19.3 Å². The molecule has 0 aromatic carbocycles. The Balaban J connectivity index is 1.60. The van der Waals surface area contributed by atoms with Crippen molar-refractivity contribution in [1.82, 2.24) is 10.2 Å². The summed E-state index contributed by atoms with van der Waals surface area (Å²) in [6.07, 6.45) is 1.37. The van der Waals surface area contributed by atoms with Gasteiger partial charge < -0.3 is 40.6 Å². The Bertz CT molecular complexity index is 961. The Morgan fingerprint density at radius 1 is 1.12 bits per heavy atom. The fourth-order valence-corrected chi connectivity index (χ4v) is 7.91. The van der Waals surface area contributed by atoms with Gasteiger partial charge in [0, 0.05) is 30.9 Å². The molecule has 3 fully saturated rings. The highest BCUT2D eigenvalue weighted by Crippen LogP contribution is 2.39. The molecular formula is C30H51N3O8S. The minimum Gasteiger partial charge on any atom is -0.444 e. The average Bonchev–Trinajstić information content (AvgIpc) is 3.15. The summed E-state index contributed by atoms with van der Waals surface area (Å²) in [5, 5.41) is 35.3. The standard InChI is InChI=1S/C30H51N3O8S/c1-16(2)12-17-10-11-39-25-18(13-17)15-33(29(38)41-30(3,4)5)21(25)27(37)32-20-9-7-6-8-19(14-31)42-28-24(36)22(34)23(35)26(20)40-28/h6-7,16-26,28,34-36H,8-15,31H2,1-5H3,(H,32,37)/b7-6-/t17-,18-,19+,20+,21-,22+,23?,24+,25+,26+,28?/m0/s1. The van der Waals surface area contributed by atoms with Gasteiger partial charge in [0.2, 0.25) is 5.91 Å². The van der Waals surface area contributed by atoms with Gasteiger partial charge in [-0.1, -0.05) is 26.0 Å². The van der Waals surface area contributed by atoms with Gasteiger partial charge in [-0.25, -0.2) is 4.79 Å². The van der Waals surface area contributed by atoms with Crippen molar-refractivity contribution in [3.05, 3.63) is 12.2 Å². The van der Waals surface area contributed by atoms with Crippen molar-refractivity contribution in [2.45, 2.75) is 126 Å². The molecule has 11 nitrogen and oxygen atoms in total. The molecule has 12 heteroatoms. The van der Waals surface area contributed by atoms with E-state index in [-0.39, 0.29) is 11.2 Å². The number of ether oxygens (including phenoxy) is 3. The van der Waals surface area contributed by atoms with Crippen LogP contribution in [0.25, 0.3) is 0 Å². The maximum atomic E-state index is 14.1. The first-order chi connectivity index (χ1) is 19.8. The van der Waals surface area contributed by atoms with Crippen molar-refractivity contribution in [3.8, 4) is 0 Å². The molecule has 0 aromatic heterocycles. The molecule has 0 aromatic rings. The highest BCUT2D eigenvalue weighted by Gasteiger charge is 2.53. The monoisotopic (exact) mass is 613 g/mol. The highest BCUT2D eigenvalue weighted by molar-refractivity contribution is 8.00. The van der Waals surface area contributed by atoms with Crippen LogP contribution in [0, 0.1) is 17.8 Å². The number of carbonyl (C=O) groups is 2. The van der Waals surface area contributed by atoms with Crippen LogP contribution in [-0.4, -0.2) is 111 Å². The topological polar surface area (TPSA) is 164 Å². The molecule has 11 atom stereocenters. The summed E-state index contributed by atoms with van der Waals surface area (Å²) in [7, 11) is 0. The summed E-state index contributed by atoms with van der Waals surface area (Å²) >= 11 is 1.31. The van der Waals surface area contributed by atoms with E-state index in [4.69, 9.17) is 19.9 Å². The molecule has 6 N–H and O–H groups in total. The molecule has 4 aliphatic rings. The lowest BCUT2D eigenvalue weighted by atomic mass is 9.85. The first-order valence-corrected chi connectivity index (χ1v) is 16.3. The zero-order valence-corrected chi connectivity index (χ0v) is 26.4. The lowest BCUT2D eigenvalue weighted by Gasteiger charge is -2.44. The molecule has 2 amide bonds. The molecule has 0 spiro atoms. The number of nitrogens with one attached hydrogen (secondary N) is 1. The van der Waals surface area contributed by atoms with Crippen molar-refractivity contribution in [2.24, 2.45) is 23.5 Å². The normalized spacial score (nSPS) is 40.1. The molecule has 4 rings (SSSR count). The summed E-state index contributed by atoms with van der Waals surface area (Å²) < 4.78 is 18.2. The predicted octanol–water partition coefficient (Wildman–Crippen LogP) is 1.77. The van der Waals surface area contributed by atoms with Gasteiger partial charge in [-0.15, -0.1) is 11.8 Å². The number of carbonyl (C=O) groups excluding carboxylic acids is 2. The van der Waals surface area contributed by atoms with Crippen LogP contribution < -0.4 is 11.1 Å². The smallest absolute Gasteiger partial charge is 0.411 e. The Kier molecular flexibility index (Phi) is 11.3. The number of hydrogen-bond acceptors (Lipinski definition) is 10. The van der Waals surface area contributed by atoms with Gasteiger partial charge in [0.1, 0.15) is 41.5 Å². The largest absolute Gasteiger partial charge is 0.444 e. The van der Waals surface area contributed by atoms with Crippen LogP contribution in [0.15, 0.2) is 12.2 Å². The van der Waals surface area contributed by atoms with Crippen molar-refractivity contribution < 1.29 is 39.1 Å². The lowest BCUT2D eigenvalue weighted by molar-refractivity contribution is -0.205. The quantitative estimate of drug-likeness (QED) is 0.289. The van der Waals surface area contributed by atoms with Gasteiger partial charge in [-0.05, 0) is 64.7 Å². The van der Waals surface area contributed by atoms with Crippen LogP contribution in [0.3, 0.4) is 0 Å². The maximum absolute atomic E-state index is 14.1. The van der Waals surface area contributed by atoms with E-state index in [2.05, 4.69) is 19.2 Å². The van der Waals surface area contributed by atoms with Gasteiger partial charge in [0.15, 0.2) is 0 Å². The Hall–Kier alpha value is -1.41. The zero-order chi connectivity index (χ0) is 30.8. The van der Waals surface area contributed by atoms with Crippen molar-refractivity contribution in [1.29, 1.82) is 0 Å². The fraction of sp³-hybridized carbons (Fsp3) is 0.867. The maximum Gasteiger partial charge on any atom is 0.411 e. The number of aliphatic hydroxyl groups is 3. The number of hydrogen-bond donors (Lipinski definition) is 5. The number of nitrogens with two attached hydrogens (primary N) is 1. The average molecular weight is 614 g/mol. The molecule has 2 unspecified atom stereocenters. The van der Waals surface area contributed by atoms with E-state index in [0.29, 0.717) is 44.4 Å². The third-order valence-corrected chi connectivity index (χ3v) is 10.0. The minimum atomic E-state index is -1.46. The fourth-order valence-electron chi connectivity index (χ4n) is 6.69. The molecule has 0 aliphatic carbocycles. The molecule has 240 valence electrons. The van der Waals surface area contributed by atoms with Gasteiger partial charge in [-0.2, -0.15) is 0 Å². The van der Waals surface area contributed by atoms with Gasteiger partial charge in [0.05, 0.1) is 12.1 Å². The van der Waals surface area contributed by atoms with Crippen LogP contribution in [0.1, 0.15) is 66.7 Å². The Morgan fingerprint density at radius 3 is 2.50 bits per heavy atom. The van der Waals surface area contributed by atoms with Crippen LogP contribution in [0.2, 0.25) is 0 Å². The van der Waals surface area contributed by atoms with Gasteiger partial charge >= 0.3 is 6.09 Å². The zero-order valence-electron chi connectivity index (χ0n) is 25.6. The molecule has 4 heterocycles. The number of rotatable bonds is 5. The minimum absolute atomic E-state index is 0.0223. The van der Waals surface area contributed by atoms with Gasteiger partial charge in [-0.3, -0.25) is 9.69 Å². The second kappa shape index (κ2) is 14.1. The molecule has 2 bridgehead atoms. The van der Waals surface area contributed by atoms with E-state index in [1.807, 2.05) is 12.2 Å². The number of thioether (sulfide) groups is 1. The molecule has 4 aliphatic heterocycles. The predicted molar refractivity (Wildman–Crippen MR) is 160 cm³/mol. The molecule has 0 radical (unpaired) electrons. The van der Waals surface area contributed by atoms with Crippen LogP contribution in [0.5, 0.6) is 0 Å². The number of likely N-dealkylation sites (tertiary alicyclic amines) is 1. The SMILES string of the molecule is CC(C)C[C@@H]1CCO[C@@H]2[C@@H](C1)CN(C(=O)OC(C)(C)C)[C@@H]2C(=O)N[C@@H]1C/C=C\C[C@H](CN)SC2O[C@H]1C(O)[C@@H](O)[C@H]2O. The van der Waals surface area contributed by atoms with Crippen LogP contribution in [-0.2, 0) is 19.0 Å². The first-order valence-electron chi connectivity index (χ1n) is 15.4. The number of allylic oxidation sites excluding steroid dienone is 1. The van der Waals surface area contributed by atoms with E-state index in [9.17, 15) is 24.9 Å². The molecule has 3 saturated heterocycles. The van der Waals surface area contributed by atoms with Crippen molar-refractivity contribution >= 4 is 23.8 Å². The third-order valence-electron chi connectivity index (χ3n) is 8.59. The molecule has 0 saturated carbocycles. The Morgan fingerprint density at radius 2 is 1.83 bits per heavy atom. The summed E-state index contributed by atoms with van der Waals surface area (Å²) in [6.45, 7) is 11.0. The Labute approximate surface area is 253 Å². The number of aliphatic hydroxyl groups excluding tert-OH is 3. The van der Waals surface area contributed by atoms with Crippen LogP contribution >= 0.6 is 11.8 Å². The third kappa shape index (κ3) is 7.99. The summed E-state index contributed by atoms with van der Waals surface area (Å²) in [5.41, 5.74) is 4.34. The van der Waals surface area contributed by atoms with Crippen molar-refractivity contribution in [2.75, 3.05) is 19.7 Å². The number of nitrogens with zero attached hydrogens (tertiary/aromatic N) is 1. The summed E-state index contributed by atoms with van der Waals surface area (Å²) in [5.74, 6) is 0.529. The van der Waals surface area contributed by atoms with E-state index >= 15 is 0 Å². The van der Waals surface area contributed by atoms with E-state index in [1.165, 1.54) is 16.7 Å².